The Balaban J connectivity index is 2.47. The van der Waals surface area contributed by atoms with Crippen LogP contribution in [0.1, 0.15) is 0 Å². The molecule has 0 amide bonds. The Labute approximate surface area is 129 Å². The minimum Gasteiger partial charge on any atom is -0.506 e. The smallest absolute Gasteiger partial charge is 0.263 e. The Morgan fingerprint density at radius 1 is 1.05 bits per heavy atom. The molecule has 0 atom stereocenters. The van der Waals surface area contributed by atoms with Gasteiger partial charge in [-0.05, 0) is 24.3 Å². The van der Waals surface area contributed by atoms with E-state index in [0.717, 1.165) is 18.2 Å². The van der Waals surface area contributed by atoms with E-state index in [1.54, 1.807) is 0 Å². The zero-order valence-electron chi connectivity index (χ0n) is 10.1. The van der Waals surface area contributed by atoms with Crippen molar-refractivity contribution in [1.29, 1.82) is 0 Å². The molecule has 0 aliphatic heterocycles. The van der Waals surface area contributed by atoms with Crippen LogP contribution in [0.15, 0.2) is 35.2 Å². The number of aromatic hydroxyl groups is 1. The Morgan fingerprint density at radius 3 is 2.38 bits per heavy atom. The molecule has 0 fully saturated rings. The molecule has 21 heavy (non-hydrogen) atoms. The molecule has 2 rings (SSSR count). The van der Waals surface area contributed by atoms with Crippen LogP contribution in [-0.2, 0) is 10.0 Å². The maximum Gasteiger partial charge on any atom is 0.263 e. The lowest BCUT2D eigenvalue weighted by Crippen LogP contribution is -2.14. The van der Waals surface area contributed by atoms with Crippen LogP contribution in [0.5, 0.6) is 5.75 Å². The van der Waals surface area contributed by atoms with Crippen molar-refractivity contribution in [3.63, 3.8) is 0 Å². The van der Waals surface area contributed by atoms with Gasteiger partial charge in [0.05, 0.1) is 15.7 Å². The van der Waals surface area contributed by atoms with Crippen LogP contribution in [0.4, 0.5) is 14.5 Å². The number of hydrogen-bond donors (Lipinski definition) is 2. The average Bonchev–Trinajstić information content (AvgIpc) is 2.38. The van der Waals surface area contributed by atoms with Crippen LogP contribution in [0.25, 0.3) is 0 Å². The van der Waals surface area contributed by atoms with E-state index in [2.05, 4.69) is 0 Å². The molecule has 0 saturated heterocycles. The minimum atomic E-state index is -4.28. The predicted octanol–water partition coefficient (Wildman–Crippen LogP) is 3.78. The summed E-state index contributed by atoms with van der Waals surface area (Å²) in [6.45, 7) is 0. The van der Waals surface area contributed by atoms with Gasteiger partial charge in [-0.3, -0.25) is 4.72 Å². The summed E-state index contributed by atoms with van der Waals surface area (Å²) in [6.07, 6.45) is 0. The molecule has 2 N–H and O–H groups in total. The number of phenolic OH excluding ortho intramolecular Hbond substituents is 1. The lowest BCUT2D eigenvalue weighted by molar-refractivity contribution is 0.471. The zero-order valence-corrected chi connectivity index (χ0v) is 12.4. The van der Waals surface area contributed by atoms with Gasteiger partial charge >= 0.3 is 0 Å². The Hall–Kier alpha value is -1.57. The van der Waals surface area contributed by atoms with Gasteiger partial charge in [0.1, 0.15) is 22.3 Å². The zero-order chi connectivity index (χ0) is 15.8. The fourth-order valence-corrected chi connectivity index (χ4v) is 3.24. The SMILES string of the molecule is O=S(=O)(Nc1cc(Cl)c(F)cc1O)c1cc(F)ccc1Cl. The summed E-state index contributed by atoms with van der Waals surface area (Å²) in [5, 5.41) is 8.91. The van der Waals surface area contributed by atoms with Gasteiger partial charge in [-0.2, -0.15) is 0 Å². The van der Waals surface area contributed by atoms with E-state index in [9.17, 15) is 22.3 Å². The molecule has 2 aromatic rings. The molecular weight excluding hydrogens is 347 g/mol. The van der Waals surface area contributed by atoms with Gasteiger partial charge in [0.2, 0.25) is 0 Å². The maximum absolute atomic E-state index is 13.1. The molecular formula is C12H7Cl2F2NO3S. The van der Waals surface area contributed by atoms with E-state index >= 15 is 0 Å². The van der Waals surface area contributed by atoms with Gasteiger partial charge in [0.25, 0.3) is 10.0 Å². The van der Waals surface area contributed by atoms with Crippen molar-refractivity contribution in [2.75, 3.05) is 4.72 Å². The second-order valence-corrected chi connectivity index (χ2v) is 6.43. The van der Waals surface area contributed by atoms with Crippen LogP contribution in [0, 0.1) is 11.6 Å². The van der Waals surface area contributed by atoms with Crippen molar-refractivity contribution in [1.82, 2.24) is 0 Å². The number of benzene rings is 2. The van der Waals surface area contributed by atoms with E-state index < -0.39 is 37.3 Å². The van der Waals surface area contributed by atoms with E-state index in [4.69, 9.17) is 23.2 Å². The highest BCUT2D eigenvalue weighted by molar-refractivity contribution is 7.92. The van der Waals surface area contributed by atoms with Crippen molar-refractivity contribution in [2.24, 2.45) is 0 Å². The van der Waals surface area contributed by atoms with Gasteiger partial charge < -0.3 is 5.11 Å². The summed E-state index contributed by atoms with van der Waals surface area (Å²) in [7, 11) is -4.28. The summed E-state index contributed by atoms with van der Waals surface area (Å²) in [6, 6.07) is 4.31. The van der Waals surface area contributed by atoms with Crippen molar-refractivity contribution in [2.45, 2.75) is 4.90 Å². The number of sulfonamides is 1. The summed E-state index contributed by atoms with van der Waals surface area (Å²) < 4.78 is 52.4. The summed E-state index contributed by atoms with van der Waals surface area (Å²) in [5.41, 5.74) is -0.360. The third kappa shape index (κ3) is 3.37. The normalized spacial score (nSPS) is 11.4. The quantitative estimate of drug-likeness (QED) is 0.825. The first-order valence-electron chi connectivity index (χ1n) is 5.36. The number of halogens is 4. The summed E-state index contributed by atoms with van der Waals surface area (Å²) >= 11 is 11.2. The number of anilines is 1. The third-order valence-corrected chi connectivity index (χ3v) is 4.60. The number of phenols is 1. The Kier molecular flexibility index (Phi) is 4.27. The fraction of sp³-hybridized carbons (Fsp3) is 0. The van der Waals surface area contributed by atoms with Crippen LogP contribution < -0.4 is 4.72 Å². The van der Waals surface area contributed by atoms with Gasteiger partial charge in [-0.25, -0.2) is 17.2 Å². The predicted molar refractivity (Wildman–Crippen MR) is 75.3 cm³/mol. The Bertz CT molecular complexity index is 812. The van der Waals surface area contributed by atoms with E-state index in [0.29, 0.717) is 12.1 Å². The lowest BCUT2D eigenvalue weighted by atomic mass is 10.3. The molecule has 0 bridgehead atoms. The van der Waals surface area contributed by atoms with E-state index in [1.165, 1.54) is 0 Å². The van der Waals surface area contributed by atoms with Crippen molar-refractivity contribution in [3.05, 3.63) is 52.0 Å². The minimum absolute atomic E-state index is 0.211. The number of nitrogens with one attached hydrogen (secondary N) is 1. The van der Waals surface area contributed by atoms with Gasteiger partial charge in [-0.1, -0.05) is 23.2 Å². The third-order valence-electron chi connectivity index (χ3n) is 2.47. The molecule has 0 aliphatic rings. The largest absolute Gasteiger partial charge is 0.506 e. The summed E-state index contributed by atoms with van der Waals surface area (Å²) in [5.74, 6) is -2.39. The van der Waals surface area contributed by atoms with Crippen LogP contribution in [0.3, 0.4) is 0 Å². The van der Waals surface area contributed by atoms with Crippen molar-refractivity contribution < 1.29 is 22.3 Å². The maximum atomic E-state index is 13.1. The highest BCUT2D eigenvalue weighted by atomic mass is 35.5. The van der Waals surface area contributed by atoms with Gasteiger partial charge in [-0.15, -0.1) is 0 Å². The molecule has 0 aromatic heterocycles. The van der Waals surface area contributed by atoms with Crippen LogP contribution in [-0.4, -0.2) is 13.5 Å². The lowest BCUT2D eigenvalue weighted by Gasteiger charge is -2.11. The molecule has 0 spiro atoms. The molecule has 4 nitrogen and oxygen atoms in total. The molecule has 9 heteroatoms. The first-order valence-corrected chi connectivity index (χ1v) is 7.60. The molecule has 0 saturated carbocycles. The van der Waals surface area contributed by atoms with Crippen molar-refractivity contribution in [3.8, 4) is 5.75 Å². The van der Waals surface area contributed by atoms with Gasteiger partial charge in [0.15, 0.2) is 0 Å². The van der Waals surface area contributed by atoms with E-state index in [1.807, 2.05) is 4.72 Å². The number of rotatable bonds is 3. The van der Waals surface area contributed by atoms with Gasteiger partial charge in [0, 0.05) is 6.07 Å². The van der Waals surface area contributed by atoms with Crippen LogP contribution >= 0.6 is 23.2 Å². The molecule has 2 aromatic carbocycles. The first kappa shape index (κ1) is 15.8. The topological polar surface area (TPSA) is 66.4 Å². The molecule has 0 aliphatic carbocycles. The standard InChI is InChI=1S/C12H7Cl2F2NO3S/c13-7-2-1-6(15)3-12(7)21(19,20)17-10-4-8(14)9(16)5-11(10)18/h1-5,17-18H. The van der Waals surface area contributed by atoms with Crippen LogP contribution in [0.2, 0.25) is 10.0 Å². The molecule has 112 valence electrons. The molecule has 0 radical (unpaired) electrons. The molecule has 0 unspecified atom stereocenters. The summed E-state index contributed by atoms with van der Waals surface area (Å²) in [4.78, 5) is -0.524. The van der Waals surface area contributed by atoms with Crippen molar-refractivity contribution >= 4 is 38.9 Å². The highest BCUT2D eigenvalue weighted by Gasteiger charge is 2.21. The second-order valence-electron chi connectivity index (χ2n) is 3.96. The number of hydrogen-bond acceptors (Lipinski definition) is 3. The highest BCUT2D eigenvalue weighted by Crippen LogP contribution is 2.32. The first-order chi connectivity index (χ1) is 9.70. The molecule has 0 heterocycles. The fourth-order valence-electron chi connectivity index (χ4n) is 1.50. The second kappa shape index (κ2) is 5.67. The average molecular weight is 354 g/mol. The Morgan fingerprint density at radius 2 is 1.71 bits per heavy atom. The monoisotopic (exact) mass is 353 g/mol. The van der Waals surface area contributed by atoms with E-state index in [-0.39, 0.29) is 10.7 Å².